The van der Waals surface area contributed by atoms with Crippen molar-refractivity contribution in [2.24, 2.45) is 4.99 Å². The maximum absolute atomic E-state index is 5.58. The molecule has 2 N–H and O–H groups in total. The third kappa shape index (κ3) is 8.11. The predicted molar refractivity (Wildman–Crippen MR) is 131 cm³/mol. The molecule has 166 valence electrons. The summed E-state index contributed by atoms with van der Waals surface area (Å²) in [5, 5.41) is 6.63. The van der Waals surface area contributed by atoms with E-state index in [1.54, 1.807) is 13.3 Å². The molecule has 0 amide bonds. The van der Waals surface area contributed by atoms with Crippen molar-refractivity contribution in [2.45, 2.75) is 19.6 Å². The number of nitrogens with zero attached hydrogens (tertiary/aromatic N) is 4. The number of pyridine rings is 1. The zero-order chi connectivity index (χ0) is 20.3. The Morgan fingerprint density at radius 3 is 2.70 bits per heavy atom. The van der Waals surface area contributed by atoms with E-state index in [0.29, 0.717) is 19.8 Å². The highest BCUT2D eigenvalue weighted by molar-refractivity contribution is 14.0. The average Bonchev–Trinajstić information content (AvgIpc) is 3.27. The van der Waals surface area contributed by atoms with Gasteiger partial charge in [0.25, 0.3) is 0 Å². The summed E-state index contributed by atoms with van der Waals surface area (Å²) in [6, 6.07) is 8.01. The smallest absolute Gasteiger partial charge is 0.191 e. The number of piperazine rings is 1. The fourth-order valence-corrected chi connectivity index (χ4v) is 3.10. The van der Waals surface area contributed by atoms with E-state index in [1.807, 2.05) is 18.3 Å². The van der Waals surface area contributed by atoms with Gasteiger partial charge in [0, 0.05) is 59.1 Å². The second-order valence-corrected chi connectivity index (χ2v) is 7.15. The zero-order valence-electron chi connectivity index (χ0n) is 17.8. The van der Waals surface area contributed by atoms with E-state index in [0.717, 1.165) is 62.2 Å². The molecule has 3 heterocycles. The molecule has 1 aliphatic rings. The van der Waals surface area contributed by atoms with Gasteiger partial charge in [-0.2, -0.15) is 0 Å². The van der Waals surface area contributed by atoms with Gasteiger partial charge in [-0.3, -0.25) is 4.99 Å². The first-order chi connectivity index (χ1) is 14.2. The molecule has 0 bridgehead atoms. The molecule has 0 unspecified atom stereocenters. The van der Waals surface area contributed by atoms with Gasteiger partial charge in [-0.05, 0) is 37.2 Å². The monoisotopic (exact) mass is 528 g/mol. The summed E-state index contributed by atoms with van der Waals surface area (Å²) in [5.41, 5.74) is 1.13. The summed E-state index contributed by atoms with van der Waals surface area (Å²) >= 11 is 0. The van der Waals surface area contributed by atoms with Gasteiger partial charge in [0.2, 0.25) is 0 Å². The standard InChI is InChI=1S/C21H32N6O2.HI/c1-22-21(23-8-4-13-28-17-19-5-3-14-29-19)25-16-18-6-7-20(24-15-18)27-11-9-26(2)10-12-27;/h3,5-7,14-15H,4,8-13,16-17H2,1-2H3,(H2,22,23,25);1H. The summed E-state index contributed by atoms with van der Waals surface area (Å²) in [4.78, 5) is 13.6. The van der Waals surface area contributed by atoms with Crippen molar-refractivity contribution < 1.29 is 9.15 Å². The maximum atomic E-state index is 5.58. The van der Waals surface area contributed by atoms with Crippen molar-refractivity contribution in [2.75, 3.05) is 58.3 Å². The third-order valence-corrected chi connectivity index (χ3v) is 4.90. The molecular weight excluding hydrogens is 495 g/mol. The van der Waals surface area contributed by atoms with Crippen LogP contribution in [0.15, 0.2) is 46.1 Å². The van der Waals surface area contributed by atoms with Crippen LogP contribution >= 0.6 is 24.0 Å². The van der Waals surface area contributed by atoms with Crippen LogP contribution in [0, 0.1) is 0 Å². The molecule has 0 radical (unpaired) electrons. The summed E-state index contributed by atoms with van der Waals surface area (Å²) in [6.45, 7) is 6.89. The van der Waals surface area contributed by atoms with Gasteiger partial charge < -0.3 is 29.6 Å². The highest BCUT2D eigenvalue weighted by Gasteiger charge is 2.14. The average molecular weight is 528 g/mol. The summed E-state index contributed by atoms with van der Waals surface area (Å²) in [5.74, 6) is 2.68. The quantitative estimate of drug-likeness (QED) is 0.224. The van der Waals surface area contributed by atoms with Crippen molar-refractivity contribution >= 4 is 35.8 Å². The fourth-order valence-electron chi connectivity index (χ4n) is 3.10. The van der Waals surface area contributed by atoms with Crippen LogP contribution in [0.1, 0.15) is 17.7 Å². The second kappa shape index (κ2) is 13.5. The van der Waals surface area contributed by atoms with Crippen molar-refractivity contribution in [3.8, 4) is 0 Å². The molecule has 30 heavy (non-hydrogen) atoms. The minimum absolute atomic E-state index is 0. The highest BCUT2D eigenvalue weighted by atomic mass is 127. The van der Waals surface area contributed by atoms with Crippen LogP contribution < -0.4 is 15.5 Å². The number of nitrogens with one attached hydrogen (secondary N) is 2. The van der Waals surface area contributed by atoms with Crippen LogP contribution in [0.5, 0.6) is 0 Å². The third-order valence-electron chi connectivity index (χ3n) is 4.90. The van der Waals surface area contributed by atoms with E-state index in [1.165, 1.54) is 0 Å². The van der Waals surface area contributed by atoms with Gasteiger partial charge in [0.05, 0.1) is 6.26 Å². The first-order valence-electron chi connectivity index (χ1n) is 10.2. The molecule has 1 fully saturated rings. The maximum Gasteiger partial charge on any atom is 0.191 e. The molecular formula is C21H33IN6O2. The van der Waals surface area contributed by atoms with E-state index >= 15 is 0 Å². The molecule has 1 aliphatic heterocycles. The first kappa shape index (κ1) is 24.4. The van der Waals surface area contributed by atoms with Crippen LogP contribution in [0.4, 0.5) is 5.82 Å². The van der Waals surface area contributed by atoms with E-state index in [9.17, 15) is 0 Å². The summed E-state index contributed by atoms with van der Waals surface area (Å²) in [7, 11) is 3.94. The molecule has 2 aromatic heterocycles. The summed E-state index contributed by atoms with van der Waals surface area (Å²) in [6.07, 6.45) is 4.49. The van der Waals surface area contributed by atoms with Crippen LogP contribution in [-0.2, 0) is 17.9 Å². The molecule has 3 rings (SSSR count). The number of halogens is 1. The van der Waals surface area contributed by atoms with Crippen LogP contribution in [0.3, 0.4) is 0 Å². The molecule has 9 heteroatoms. The van der Waals surface area contributed by atoms with Gasteiger partial charge in [0.15, 0.2) is 5.96 Å². The van der Waals surface area contributed by atoms with E-state index in [4.69, 9.17) is 9.15 Å². The topological polar surface area (TPSA) is 78.2 Å². The fraction of sp³-hybridized carbons (Fsp3) is 0.524. The lowest BCUT2D eigenvalue weighted by molar-refractivity contribution is 0.105. The van der Waals surface area contributed by atoms with Crippen molar-refractivity contribution in [1.82, 2.24) is 20.5 Å². The number of aromatic nitrogens is 1. The lowest BCUT2D eigenvalue weighted by Gasteiger charge is -2.33. The van der Waals surface area contributed by atoms with E-state index in [-0.39, 0.29) is 24.0 Å². The second-order valence-electron chi connectivity index (χ2n) is 7.15. The number of furan rings is 1. The highest BCUT2D eigenvalue weighted by Crippen LogP contribution is 2.13. The van der Waals surface area contributed by atoms with Gasteiger partial charge in [-0.25, -0.2) is 4.98 Å². The molecule has 1 saturated heterocycles. The number of anilines is 1. The Hall–Kier alpha value is -1.85. The van der Waals surface area contributed by atoms with Gasteiger partial charge in [-0.1, -0.05) is 6.07 Å². The lowest BCUT2D eigenvalue weighted by Crippen LogP contribution is -2.44. The molecule has 0 aromatic carbocycles. The molecule has 2 aromatic rings. The Morgan fingerprint density at radius 1 is 1.20 bits per heavy atom. The number of guanidine groups is 1. The lowest BCUT2D eigenvalue weighted by atomic mass is 10.2. The van der Waals surface area contributed by atoms with Gasteiger partial charge >= 0.3 is 0 Å². The predicted octanol–water partition coefficient (Wildman–Crippen LogP) is 2.32. The first-order valence-corrected chi connectivity index (χ1v) is 10.2. The molecule has 0 spiro atoms. The van der Waals surface area contributed by atoms with E-state index in [2.05, 4.69) is 49.6 Å². The van der Waals surface area contributed by atoms with E-state index < -0.39 is 0 Å². The largest absolute Gasteiger partial charge is 0.467 e. The number of hydrogen-bond donors (Lipinski definition) is 2. The van der Waals surface area contributed by atoms with Crippen LogP contribution in [-0.4, -0.2) is 69.3 Å². The number of hydrogen-bond acceptors (Lipinski definition) is 6. The molecule has 0 atom stereocenters. The molecule has 0 saturated carbocycles. The molecule has 0 aliphatic carbocycles. The van der Waals surface area contributed by atoms with Crippen LogP contribution in [0.25, 0.3) is 0 Å². The zero-order valence-corrected chi connectivity index (χ0v) is 20.2. The summed E-state index contributed by atoms with van der Waals surface area (Å²) < 4.78 is 10.8. The normalized spacial score (nSPS) is 15.0. The number of rotatable bonds is 9. The van der Waals surface area contributed by atoms with Gasteiger partial charge in [0.1, 0.15) is 18.2 Å². The Kier molecular flexibility index (Phi) is 11.0. The van der Waals surface area contributed by atoms with Crippen molar-refractivity contribution in [3.63, 3.8) is 0 Å². The Morgan fingerprint density at radius 2 is 2.03 bits per heavy atom. The van der Waals surface area contributed by atoms with Crippen LogP contribution in [0.2, 0.25) is 0 Å². The number of ether oxygens (including phenoxy) is 1. The number of aliphatic imine (C=N–C) groups is 1. The Bertz CT molecular complexity index is 730. The SMILES string of the molecule is CN=C(NCCCOCc1ccco1)NCc1ccc(N2CCN(C)CC2)nc1.I. The van der Waals surface area contributed by atoms with Crippen molar-refractivity contribution in [1.29, 1.82) is 0 Å². The van der Waals surface area contributed by atoms with Crippen molar-refractivity contribution in [3.05, 3.63) is 48.0 Å². The number of likely N-dealkylation sites (N-methyl/N-ethyl adjacent to an activating group) is 1. The van der Waals surface area contributed by atoms with Gasteiger partial charge in [-0.15, -0.1) is 24.0 Å². The minimum Gasteiger partial charge on any atom is -0.467 e. The Labute approximate surface area is 196 Å². The Balaban J connectivity index is 0.00000320. The minimum atomic E-state index is 0. The molecule has 8 nitrogen and oxygen atoms in total.